The molecule has 25 heavy (non-hydrogen) atoms. The second-order valence-corrected chi connectivity index (χ2v) is 6.88. The fourth-order valence-electron chi connectivity index (χ4n) is 3.41. The number of fused-ring (bicyclic) bond motifs is 1. The number of carbonyl (C=O) groups is 1. The van der Waals surface area contributed by atoms with E-state index < -0.39 is 0 Å². The van der Waals surface area contributed by atoms with Crippen LogP contribution in [0.5, 0.6) is 0 Å². The summed E-state index contributed by atoms with van der Waals surface area (Å²) < 4.78 is 15.3. The van der Waals surface area contributed by atoms with Crippen LogP contribution in [0.2, 0.25) is 0 Å². The molecule has 0 spiro atoms. The van der Waals surface area contributed by atoms with Crippen LogP contribution in [-0.4, -0.2) is 10.5 Å². The summed E-state index contributed by atoms with van der Waals surface area (Å²) in [6.07, 6.45) is 2.45. The van der Waals surface area contributed by atoms with Gasteiger partial charge in [0.05, 0.1) is 0 Å². The van der Waals surface area contributed by atoms with Crippen molar-refractivity contribution in [3.05, 3.63) is 71.7 Å². The summed E-state index contributed by atoms with van der Waals surface area (Å²) >= 11 is 0. The summed E-state index contributed by atoms with van der Waals surface area (Å²) in [5, 5.41) is 1.14. The number of nitrogens with two attached hydrogens (primary N) is 1. The van der Waals surface area contributed by atoms with Crippen molar-refractivity contribution in [1.29, 1.82) is 0 Å². The van der Waals surface area contributed by atoms with Crippen LogP contribution < -0.4 is 5.73 Å². The lowest BCUT2D eigenvalue weighted by molar-refractivity contribution is -0.118. The van der Waals surface area contributed by atoms with Crippen LogP contribution in [-0.2, 0) is 11.3 Å². The molecule has 2 aromatic carbocycles. The lowest BCUT2D eigenvalue weighted by atomic mass is 9.85. The van der Waals surface area contributed by atoms with E-state index in [1.165, 1.54) is 12.1 Å². The summed E-state index contributed by atoms with van der Waals surface area (Å²) in [7, 11) is 0. The van der Waals surface area contributed by atoms with E-state index in [9.17, 15) is 9.18 Å². The van der Waals surface area contributed by atoms with Crippen molar-refractivity contribution in [2.45, 2.75) is 32.7 Å². The Morgan fingerprint density at radius 2 is 1.80 bits per heavy atom. The first-order valence-corrected chi connectivity index (χ1v) is 8.56. The van der Waals surface area contributed by atoms with Gasteiger partial charge in [0.1, 0.15) is 5.82 Å². The second kappa shape index (κ2) is 7.09. The molecule has 0 aliphatic heterocycles. The molecule has 2 N–H and O–H groups in total. The highest BCUT2D eigenvalue weighted by Crippen LogP contribution is 2.34. The zero-order valence-electron chi connectivity index (χ0n) is 14.6. The smallest absolute Gasteiger partial charge is 0.218 e. The average Bonchev–Trinajstić information content (AvgIpc) is 2.93. The van der Waals surface area contributed by atoms with Gasteiger partial charge in [-0.15, -0.1) is 0 Å². The van der Waals surface area contributed by atoms with Gasteiger partial charge in [0, 0.05) is 30.1 Å². The van der Waals surface area contributed by atoms with Crippen molar-refractivity contribution in [1.82, 2.24) is 4.57 Å². The Morgan fingerprint density at radius 1 is 1.12 bits per heavy atom. The molecule has 0 saturated heterocycles. The lowest BCUT2D eigenvalue weighted by Crippen LogP contribution is -2.18. The van der Waals surface area contributed by atoms with Crippen molar-refractivity contribution in [2.75, 3.05) is 0 Å². The molecule has 4 heteroatoms. The number of para-hydroxylation sites is 1. The van der Waals surface area contributed by atoms with Crippen LogP contribution >= 0.6 is 0 Å². The van der Waals surface area contributed by atoms with E-state index >= 15 is 0 Å². The maximum Gasteiger partial charge on any atom is 0.218 e. The molecule has 0 aliphatic rings. The monoisotopic (exact) mass is 338 g/mol. The van der Waals surface area contributed by atoms with Gasteiger partial charge in [-0.05, 0) is 41.2 Å². The molecule has 0 aliphatic carbocycles. The van der Waals surface area contributed by atoms with Gasteiger partial charge in [0.15, 0.2) is 0 Å². The Kier molecular flexibility index (Phi) is 4.88. The normalized spacial score (nSPS) is 12.6. The van der Waals surface area contributed by atoms with Crippen molar-refractivity contribution in [3.63, 3.8) is 0 Å². The standard InChI is InChI=1S/C21H23FN2O/c1-14(2)18(11-21(23)25)19-13-24(20-6-4-3-5-17(19)20)12-15-7-9-16(22)10-8-15/h3-10,13-14,18H,11-12H2,1-2H3,(H2,23,25). The SMILES string of the molecule is CC(C)C(CC(N)=O)c1cn(Cc2ccc(F)cc2)c2ccccc12. The Balaban J connectivity index is 2.05. The van der Waals surface area contributed by atoms with Crippen LogP contribution in [0.1, 0.15) is 37.3 Å². The van der Waals surface area contributed by atoms with Gasteiger partial charge in [0.25, 0.3) is 0 Å². The molecule has 130 valence electrons. The molecule has 3 rings (SSSR count). The van der Waals surface area contributed by atoms with E-state index in [0.717, 1.165) is 22.0 Å². The summed E-state index contributed by atoms with van der Waals surface area (Å²) in [6, 6.07) is 14.7. The van der Waals surface area contributed by atoms with E-state index in [4.69, 9.17) is 5.73 Å². The third kappa shape index (κ3) is 3.73. The van der Waals surface area contributed by atoms with Gasteiger partial charge in [-0.3, -0.25) is 4.79 Å². The molecule has 1 amide bonds. The number of aromatic nitrogens is 1. The molecule has 0 saturated carbocycles. The number of hydrogen-bond acceptors (Lipinski definition) is 1. The lowest BCUT2D eigenvalue weighted by Gasteiger charge is -2.19. The van der Waals surface area contributed by atoms with Crippen molar-refractivity contribution in [3.8, 4) is 0 Å². The van der Waals surface area contributed by atoms with E-state index in [-0.39, 0.29) is 17.6 Å². The molecule has 1 atom stereocenters. The summed E-state index contributed by atoms with van der Waals surface area (Å²) in [4.78, 5) is 11.5. The van der Waals surface area contributed by atoms with Gasteiger partial charge in [-0.25, -0.2) is 4.39 Å². The number of rotatable bonds is 6. The number of hydrogen-bond donors (Lipinski definition) is 1. The fourth-order valence-corrected chi connectivity index (χ4v) is 3.41. The van der Waals surface area contributed by atoms with Crippen molar-refractivity contribution < 1.29 is 9.18 Å². The number of carbonyl (C=O) groups excluding carboxylic acids is 1. The number of nitrogens with zero attached hydrogens (tertiary/aromatic N) is 1. The highest BCUT2D eigenvalue weighted by molar-refractivity contribution is 5.85. The van der Waals surface area contributed by atoms with Gasteiger partial charge in [-0.2, -0.15) is 0 Å². The van der Waals surface area contributed by atoms with Gasteiger partial charge >= 0.3 is 0 Å². The first kappa shape index (κ1) is 17.2. The van der Waals surface area contributed by atoms with Crippen LogP contribution in [0.3, 0.4) is 0 Å². The Hall–Kier alpha value is -2.62. The second-order valence-electron chi connectivity index (χ2n) is 6.88. The molecule has 0 radical (unpaired) electrons. The Labute approximate surface area is 147 Å². The number of amides is 1. The third-order valence-corrected chi connectivity index (χ3v) is 4.71. The van der Waals surface area contributed by atoms with Crippen LogP contribution in [0.15, 0.2) is 54.7 Å². The molecular weight excluding hydrogens is 315 g/mol. The fraction of sp³-hybridized carbons (Fsp3) is 0.286. The summed E-state index contributed by atoms with van der Waals surface area (Å²) in [5.41, 5.74) is 8.76. The average molecular weight is 338 g/mol. The minimum Gasteiger partial charge on any atom is -0.370 e. The predicted octanol–water partition coefficient (Wildman–Crippen LogP) is 4.44. The maximum atomic E-state index is 13.1. The van der Waals surface area contributed by atoms with Gasteiger partial charge in [0.2, 0.25) is 5.91 Å². The molecule has 0 bridgehead atoms. The van der Waals surface area contributed by atoms with E-state index in [2.05, 4.69) is 36.7 Å². The van der Waals surface area contributed by atoms with Crippen LogP contribution in [0.25, 0.3) is 10.9 Å². The molecule has 1 aromatic heterocycles. The molecule has 0 fully saturated rings. The summed E-state index contributed by atoms with van der Waals surface area (Å²) in [5.74, 6) is -0.133. The molecule has 1 heterocycles. The largest absolute Gasteiger partial charge is 0.370 e. The molecule has 3 aromatic rings. The Bertz CT molecular complexity index is 881. The van der Waals surface area contributed by atoms with Gasteiger partial charge < -0.3 is 10.3 Å². The van der Waals surface area contributed by atoms with Crippen molar-refractivity contribution >= 4 is 16.8 Å². The van der Waals surface area contributed by atoms with Gasteiger partial charge in [-0.1, -0.05) is 44.2 Å². The van der Waals surface area contributed by atoms with E-state index in [1.54, 1.807) is 12.1 Å². The zero-order chi connectivity index (χ0) is 18.0. The predicted molar refractivity (Wildman–Crippen MR) is 98.8 cm³/mol. The molecular formula is C21H23FN2O. The Morgan fingerprint density at radius 3 is 2.44 bits per heavy atom. The quantitative estimate of drug-likeness (QED) is 0.709. The highest BCUT2D eigenvalue weighted by Gasteiger charge is 2.22. The maximum absolute atomic E-state index is 13.1. The van der Waals surface area contributed by atoms with Crippen molar-refractivity contribution in [2.24, 2.45) is 11.7 Å². The first-order valence-electron chi connectivity index (χ1n) is 8.56. The number of halogens is 1. The first-order chi connectivity index (χ1) is 12.0. The minimum absolute atomic E-state index is 0.0804. The summed E-state index contributed by atoms with van der Waals surface area (Å²) in [6.45, 7) is 4.88. The van der Waals surface area contributed by atoms with E-state index in [0.29, 0.717) is 18.9 Å². The van der Waals surface area contributed by atoms with E-state index in [1.807, 2.05) is 12.1 Å². The van der Waals surface area contributed by atoms with Crippen LogP contribution in [0.4, 0.5) is 4.39 Å². The third-order valence-electron chi connectivity index (χ3n) is 4.71. The zero-order valence-corrected chi connectivity index (χ0v) is 14.6. The molecule has 1 unspecified atom stereocenters. The highest BCUT2D eigenvalue weighted by atomic mass is 19.1. The van der Waals surface area contributed by atoms with Crippen LogP contribution in [0, 0.1) is 11.7 Å². The minimum atomic E-state index is -0.283. The molecule has 3 nitrogen and oxygen atoms in total. The number of benzene rings is 2. The number of primary amides is 1. The topological polar surface area (TPSA) is 48.0 Å².